The molecule has 0 fully saturated rings. The molecule has 7 heteroatoms. The van der Waals surface area contributed by atoms with E-state index in [1.54, 1.807) is 19.2 Å². The van der Waals surface area contributed by atoms with Gasteiger partial charge in [-0.1, -0.05) is 6.07 Å². The summed E-state index contributed by atoms with van der Waals surface area (Å²) in [6.45, 7) is 0. The zero-order valence-electron chi connectivity index (χ0n) is 13.2. The number of methoxy groups -OCH3 is 1. The van der Waals surface area contributed by atoms with Gasteiger partial charge in [0.15, 0.2) is 0 Å². The van der Waals surface area contributed by atoms with Crippen molar-refractivity contribution in [3.8, 4) is 5.75 Å². The Kier molecular flexibility index (Phi) is 5.80. The number of hydrogen-bond donors (Lipinski definition) is 0. The number of rotatable bonds is 4. The number of anilines is 2. The van der Waals surface area contributed by atoms with Crippen LogP contribution in [0.25, 0.3) is 10.9 Å². The smallest absolute Gasteiger partial charge is 0.147 e. The Hall–Kier alpha value is -2.11. The Labute approximate surface area is 150 Å². The minimum absolute atomic E-state index is 0. The average molecular weight is 368 g/mol. The molecule has 0 radical (unpaired) electrons. The number of nitrogens with zero attached hydrogens (tertiary/aromatic N) is 3. The highest BCUT2D eigenvalue weighted by molar-refractivity contribution is 6.16. The lowest BCUT2D eigenvalue weighted by atomic mass is 10.2. The van der Waals surface area contributed by atoms with Gasteiger partial charge >= 0.3 is 0 Å². The van der Waals surface area contributed by atoms with Gasteiger partial charge in [0.1, 0.15) is 23.2 Å². The van der Waals surface area contributed by atoms with Gasteiger partial charge in [0.25, 0.3) is 0 Å². The number of hydrogen-bond acceptors (Lipinski definition) is 4. The molecule has 0 spiro atoms. The van der Waals surface area contributed by atoms with Crippen molar-refractivity contribution in [3.63, 3.8) is 0 Å². The minimum Gasteiger partial charge on any atom is -0.497 e. The van der Waals surface area contributed by atoms with Gasteiger partial charge < -0.3 is 9.64 Å². The fraction of sp³-hybridized carbons (Fsp3) is 0.176. The molecule has 0 saturated heterocycles. The summed E-state index contributed by atoms with van der Waals surface area (Å²) in [6, 6.07) is 12.2. The van der Waals surface area contributed by atoms with Crippen molar-refractivity contribution in [3.05, 3.63) is 54.1 Å². The fourth-order valence-corrected chi connectivity index (χ4v) is 2.52. The molecule has 0 unspecified atom stereocenters. The summed E-state index contributed by atoms with van der Waals surface area (Å²) in [7, 11) is 3.44. The zero-order valence-corrected chi connectivity index (χ0v) is 14.7. The Balaban J connectivity index is 0.00000208. The SMILES string of the molecule is COc1ccc(N(C)c2nc(CCl)nc3cccc(F)c23)cc1.Cl. The molecule has 1 heterocycles. The van der Waals surface area contributed by atoms with Crippen LogP contribution < -0.4 is 9.64 Å². The molecule has 0 aliphatic rings. The van der Waals surface area contributed by atoms with Gasteiger partial charge in [-0.05, 0) is 36.4 Å². The van der Waals surface area contributed by atoms with Crippen molar-refractivity contribution >= 4 is 46.4 Å². The molecule has 4 nitrogen and oxygen atoms in total. The van der Waals surface area contributed by atoms with Gasteiger partial charge in [-0.3, -0.25) is 0 Å². The molecular formula is C17H16Cl2FN3O. The van der Waals surface area contributed by atoms with Crippen LogP contribution in [0.3, 0.4) is 0 Å². The van der Waals surface area contributed by atoms with Gasteiger partial charge in [0.2, 0.25) is 0 Å². The molecule has 2 aromatic carbocycles. The van der Waals surface area contributed by atoms with Crippen molar-refractivity contribution in [2.24, 2.45) is 0 Å². The summed E-state index contributed by atoms with van der Waals surface area (Å²) in [5, 5.41) is 0.375. The van der Waals surface area contributed by atoms with E-state index in [1.807, 2.05) is 36.2 Å². The molecule has 0 amide bonds. The van der Waals surface area contributed by atoms with E-state index in [0.717, 1.165) is 11.4 Å². The van der Waals surface area contributed by atoms with E-state index in [0.29, 0.717) is 22.5 Å². The summed E-state index contributed by atoms with van der Waals surface area (Å²) < 4.78 is 19.5. The predicted molar refractivity (Wildman–Crippen MR) is 97.4 cm³/mol. The summed E-state index contributed by atoms with van der Waals surface area (Å²) in [4.78, 5) is 10.5. The van der Waals surface area contributed by atoms with E-state index in [4.69, 9.17) is 16.3 Å². The quantitative estimate of drug-likeness (QED) is 0.626. The number of alkyl halides is 1. The Morgan fingerprint density at radius 2 is 1.83 bits per heavy atom. The van der Waals surface area contributed by atoms with Crippen LogP contribution in [-0.2, 0) is 5.88 Å². The van der Waals surface area contributed by atoms with Crippen LogP contribution in [0.5, 0.6) is 5.75 Å². The third-order valence-electron chi connectivity index (χ3n) is 3.60. The summed E-state index contributed by atoms with van der Waals surface area (Å²) in [5.74, 6) is 1.49. The number of fused-ring (bicyclic) bond motifs is 1. The second-order valence-corrected chi connectivity index (χ2v) is 5.26. The van der Waals surface area contributed by atoms with Crippen LogP contribution in [0.1, 0.15) is 5.82 Å². The first kappa shape index (κ1) is 18.2. The normalized spacial score (nSPS) is 10.3. The lowest BCUT2D eigenvalue weighted by Crippen LogP contribution is -2.14. The van der Waals surface area contributed by atoms with Crippen LogP contribution in [0.2, 0.25) is 0 Å². The van der Waals surface area contributed by atoms with Crippen molar-refractivity contribution in [2.75, 3.05) is 19.1 Å². The Bertz CT molecular complexity index is 843. The fourth-order valence-electron chi connectivity index (χ4n) is 2.40. The van der Waals surface area contributed by atoms with Gasteiger partial charge in [0.05, 0.1) is 23.9 Å². The van der Waals surface area contributed by atoms with Gasteiger partial charge in [-0.15, -0.1) is 24.0 Å². The molecule has 0 saturated carbocycles. The zero-order chi connectivity index (χ0) is 16.4. The molecule has 3 rings (SSSR count). The topological polar surface area (TPSA) is 38.2 Å². The molecule has 0 atom stereocenters. The Morgan fingerprint density at radius 3 is 2.46 bits per heavy atom. The van der Waals surface area contributed by atoms with Crippen molar-refractivity contribution in [1.29, 1.82) is 0 Å². The van der Waals surface area contributed by atoms with E-state index < -0.39 is 0 Å². The minimum atomic E-state index is -0.362. The predicted octanol–water partition coefficient (Wildman–Crippen LogP) is 4.71. The first-order chi connectivity index (χ1) is 11.1. The maximum atomic E-state index is 14.3. The van der Waals surface area contributed by atoms with Crippen LogP contribution in [-0.4, -0.2) is 24.1 Å². The molecule has 24 heavy (non-hydrogen) atoms. The van der Waals surface area contributed by atoms with Gasteiger partial charge in [-0.25, -0.2) is 14.4 Å². The maximum absolute atomic E-state index is 14.3. The standard InChI is InChI=1S/C17H15ClFN3O.ClH/c1-22(11-6-8-12(23-2)9-7-11)17-16-13(19)4-3-5-14(16)20-15(10-18)21-17;/h3-9H,10H2,1-2H3;1H. The molecule has 0 aliphatic heterocycles. The molecule has 3 aromatic rings. The molecule has 0 aliphatic carbocycles. The number of aromatic nitrogens is 2. The van der Waals surface area contributed by atoms with Gasteiger partial charge in [0, 0.05) is 12.7 Å². The second-order valence-electron chi connectivity index (χ2n) is 4.99. The molecular weight excluding hydrogens is 352 g/mol. The molecule has 126 valence electrons. The van der Waals surface area contributed by atoms with E-state index in [2.05, 4.69) is 9.97 Å². The van der Waals surface area contributed by atoms with E-state index >= 15 is 0 Å². The summed E-state index contributed by atoms with van der Waals surface area (Å²) in [6.07, 6.45) is 0. The summed E-state index contributed by atoms with van der Waals surface area (Å²) >= 11 is 5.88. The number of ether oxygens (including phenoxy) is 1. The van der Waals surface area contributed by atoms with Crippen LogP contribution in [0.15, 0.2) is 42.5 Å². The number of benzene rings is 2. The van der Waals surface area contributed by atoms with E-state index in [9.17, 15) is 4.39 Å². The van der Waals surface area contributed by atoms with Gasteiger partial charge in [-0.2, -0.15) is 0 Å². The average Bonchev–Trinajstić information content (AvgIpc) is 2.60. The first-order valence-corrected chi connectivity index (χ1v) is 7.56. The lowest BCUT2D eigenvalue weighted by Gasteiger charge is -2.21. The van der Waals surface area contributed by atoms with Crippen LogP contribution in [0, 0.1) is 5.82 Å². The molecule has 0 N–H and O–H groups in total. The highest BCUT2D eigenvalue weighted by Gasteiger charge is 2.16. The van der Waals surface area contributed by atoms with Crippen molar-refractivity contribution in [2.45, 2.75) is 5.88 Å². The third kappa shape index (κ3) is 3.37. The lowest BCUT2D eigenvalue weighted by molar-refractivity contribution is 0.415. The van der Waals surface area contributed by atoms with E-state index in [-0.39, 0.29) is 24.1 Å². The largest absolute Gasteiger partial charge is 0.497 e. The highest BCUT2D eigenvalue weighted by atomic mass is 35.5. The summed E-state index contributed by atoms with van der Waals surface area (Å²) in [5.41, 5.74) is 1.39. The molecule has 0 bridgehead atoms. The van der Waals surface area contributed by atoms with Crippen molar-refractivity contribution in [1.82, 2.24) is 9.97 Å². The highest BCUT2D eigenvalue weighted by Crippen LogP contribution is 2.31. The maximum Gasteiger partial charge on any atom is 0.147 e. The van der Waals surface area contributed by atoms with Crippen LogP contribution in [0.4, 0.5) is 15.9 Å². The van der Waals surface area contributed by atoms with E-state index in [1.165, 1.54) is 6.07 Å². The van der Waals surface area contributed by atoms with Crippen molar-refractivity contribution < 1.29 is 9.13 Å². The number of halogens is 3. The van der Waals surface area contributed by atoms with Crippen LogP contribution >= 0.6 is 24.0 Å². The monoisotopic (exact) mass is 367 g/mol. The first-order valence-electron chi connectivity index (χ1n) is 7.03. The Morgan fingerprint density at radius 1 is 1.12 bits per heavy atom. The second kappa shape index (κ2) is 7.64. The molecule has 1 aromatic heterocycles. The third-order valence-corrected chi connectivity index (χ3v) is 3.84.